The van der Waals surface area contributed by atoms with Gasteiger partial charge in [0.1, 0.15) is 11.6 Å². The standard InChI is InChI=1S/C17H15F2NO3S/c1-24(22,23)13-6-4-11(5-7-13)17(21)20-8-2-3-14-15(19)9-12(18)10-16(14)20/h4-7,9-10H,2-3,8H2,1H3. The second kappa shape index (κ2) is 5.98. The van der Waals surface area contributed by atoms with Gasteiger partial charge in [0.2, 0.25) is 0 Å². The molecule has 0 unspecified atom stereocenters. The van der Waals surface area contributed by atoms with Gasteiger partial charge in [0.05, 0.1) is 10.6 Å². The summed E-state index contributed by atoms with van der Waals surface area (Å²) in [6.45, 7) is 0.350. The molecule has 0 aliphatic carbocycles. The highest BCUT2D eigenvalue weighted by Gasteiger charge is 2.26. The van der Waals surface area contributed by atoms with Gasteiger partial charge in [0.25, 0.3) is 5.91 Å². The van der Waals surface area contributed by atoms with Gasteiger partial charge >= 0.3 is 0 Å². The summed E-state index contributed by atoms with van der Waals surface area (Å²) in [6.07, 6.45) is 2.09. The molecule has 0 aromatic heterocycles. The van der Waals surface area contributed by atoms with Crippen molar-refractivity contribution in [2.24, 2.45) is 0 Å². The number of carbonyl (C=O) groups is 1. The van der Waals surface area contributed by atoms with Crippen LogP contribution >= 0.6 is 0 Å². The minimum absolute atomic E-state index is 0.107. The second-order valence-corrected chi connectivity index (χ2v) is 7.76. The minimum Gasteiger partial charge on any atom is -0.308 e. The average Bonchev–Trinajstić information content (AvgIpc) is 2.53. The quantitative estimate of drug-likeness (QED) is 0.836. The highest BCUT2D eigenvalue weighted by atomic mass is 32.2. The first-order valence-corrected chi connectivity index (χ1v) is 9.26. The Labute approximate surface area is 138 Å². The monoisotopic (exact) mass is 351 g/mol. The lowest BCUT2D eigenvalue weighted by atomic mass is 10.00. The van der Waals surface area contributed by atoms with Crippen LogP contribution < -0.4 is 4.90 Å². The third-order valence-corrected chi connectivity index (χ3v) is 5.14. The van der Waals surface area contributed by atoms with Crippen molar-refractivity contribution in [2.45, 2.75) is 17.7 Å². The van der Waals surface area contributed by atoms with Crippen LogP contribution in [0.3, 0.4) is 0 Å². The van der Waals surface area contributed by atoms with Gasteiger partial charge in [-0.25, -0.2) is 17.2 Å². The predicted molar refractivity (Wildman–Crippen MR) is 85.9 cm³/mol. The van der Waals surface area contributed by atoms with Crippen molar-refractivity contribution in [1.82, 2.24) is 0 Å². The molecule has 0 radical (unpaired) electrons. The molecule has 0 atom stereocenters. The van der Waals surface area contributed by atoms with Crippen molar-refractivity contribution in [3.8, 4) is 0 Å². The number of carbonyl (C=O) groups excluding carboxylic acids is 1. The van der Waals surface area contributed by atoms with E-state index in [1.807, 2.05) is 0 Å². The van der Waals surface area contributed by atoms with E-state index in [-0.39, 0.29) is 16.1 Å². The predicted octanol–water partition coefficient (Wildman–Crippen LogP) is 2.96. The zero-order chi connectivity index (χ0) is 17.5. The first-order valence-electron chi connectivity index (χ1n) is 7.37. The third kappa shape index (κ3) is 3.03. The zero-order valence-corrected chi connectivity index (χ0v) is 13.7. The molecule has 0 saturated heterocycles. The summed E-state index contributed by atoms with van der Waals surface area (Å²) in [5.41, 5.74) is 0.819. The molecule has 1 amide bonds. The molecule has 126 valence electrons. The molecule has 0 fully saturated rings. The number of anilines is 1. The third-order valence-electron chi connectivity index (χ3n) is 4.01. The van der Waals surface area contributed by atoms with E-state index in [4.69, 9.17) is 0 Å². The highest BCUT2D eigenvalue weighted by molar-refractivity contribution is 7.90. The van der Waals surface area contributed by atoms with Gasteiger partial charge in [0.15, 0.2) is 9.84 Å². The Kier molecular flexibility index (Phi) is 4.13. The molecular weight excluding hydrogens is 336 g/mol. The van der Waals surface area contributed by atoms with Crippen LogP contribution in [0.1, 0.15) is 22.3 Å². The number of halogens is 2. The normalized spacial score (nSPS) is 14.4. The lowest BCUT2D eigenvalue weighted by Crippen LogP contribution is -2.36. The molecule has 4 nitrogen and oxygen atoms in total. The van der Waals surface area contributed by atoms with Crippen LogP contribution in [0.15, 0.2) is 41.3 Å². The Morgan fingerprint density at radius 2 is 1.79 bits per heavy atom. The molecule has 2 aromatic rings. The van der Waals surface area contributed by atoms with E-state index < -0.39 is 27.4 Å². The van der Waals surface area contributed by atoms with Crippen molar-refractivity contribution in [2.75, 3.05) is 17.7 Å². The van der Waals surface area contributed by atoms with Gasteiger partial charge in [-0.05, 0) is 43.2 Å². The van der Waals surface area contributed by atoms with Crippen LogP contribution in [0.25, 0.3) is 0 Å². The molecule has 24 heavy (non-hydrogen) atoms. The van der Waals surface area contributed by atoms with Gasteiger partial charge in [0, 0.05) is 30.0 Å². The largest absolute Gasteiger partial charge is 0.308 e. The molecule has 1 aliphatic rings. The first kappa shape index (κ1) is 16.6. The fraction of sp³-hybridized carbons (Fsp3) is 0.235. The Balaban J connectivity index is 1.98. The van der Waals surface area contributed by atoms with E-state index >= 15 is 0 Å². The number of fused-ring (bicyclic) bond motifs is 1. The molecule has 1 aliphatic heterocycles. The fourth-order valence-electron chi connectivity index (χ4n) is 2.82. The van der Waals surface area contributed by atoms with Crippen LogP contribution in [-0.2, 0) is 16.3 Å². The number of hydrogen-bond donors (Lipinski definition) is 0. The molecule has 0 saturated carbocycles. The summed E-state index contributed by atoms with van der Waals surface area (Å²) in [6, 6.07) is 7.47. The maximum atomic E-state index is 13.9. The minimum atomic E-state index is -3.35. The summed E-state index contributed by atoms with van der Waals surface area (Å²) < 4.78 is 50.4. The molecule has 0 N–H and O–H groups in total. The highest BCUT2D eigenvalue weighted by Crippen LogP contribution is 2.31. The van der Waals surface area contributed by atoms with Crippen LogP contribution in [0, 0.1) is 11.6 Å². The Bertz CT molecular complexity index is 908. The number of nitrogens with zero attached hydrogens (tertiary/aromatic N) is 1. The summed E-state index contributed by atoms with van der Waals surface area (Å²) in [4.78, 5) is 14.1. The number of sulfone groups is 1. The molecule has 2 aromatic carbocycles. The van der Waals surface area contributed by atoms with Gasteiger partial charge in [-0.1, -0.05) is 0 Å². The van der Waals surface area contributed by atoms with E-state index in [0.717, 1.165) is 18.4 Å². The van der Waals surface area contributed by atoms with Crippen LogP contribution in [0.4, 0.5) is 14.5 Å². The van der Waals surface area contributed by atoms with Crippen LogP contribution in [0.2, 0.25) is 0 Å². The Morgan fingerprint density at radius 1 is 1.12 bits per heavy atom. The topological polar surface area (TPSA) is 54.5 Å². The summed E-state index contributed by atoms with van der Waals surface area (Å²) in [7, 11) is -3.35. The van der Waals surface area contributed by atoms with E-state index in [2.05, 4.69) is 0 Å². The number of rotatable bonds is 2. The van der Waals surface area contributed by atoms with Crippen molar-refractivity contribution in [1.29, 1.82) is 0 Å². The van der Waals surface area contributed by atoms with E-state index in [0.29, 0.717) is 24.9 Å². The maximum absolute atomic E-state index is 13.9. The summed E-state index contributed by atoms with van der Waals surface area (Å²) >= 11 is 0. The average molecular weight is 351 g/mol. The second-order valence-electron chi connectivity index (χ2n) is 5.74. The molecule has 3 rings (SSSR count). The van der Waals surface area contributed by atoms with Crippen molar-refractivity contribution in [3.63, 3.8) is 0 Å². The smallest absolute Gasteiger partial charge is 0.258 e. The zero-order valence-electron chi connectivity index (χ0n) is 12.9. The maximum Gasteiger partial charge on any atom is 0.258 e. The number of benzene rings is 2. The van der Waals surface area contributed by atoms with Gasteiger partial charge in [-0.2, -0.15) is 0 Å². The van der Waals surface area contributed by atoms with Crippen molar-refractivity contribution >= 4 is 21.4 Å². The number of hydrogen-bond acceptors (Lipinski definition) is 3. The molecular formula is C17H15F2NO3S. The Hall–Kier alpha value is -2.28. The number of amides is 1. The van der Waals surface area contributed by atoms with Crippen molar-refractivity contribution < 1.29 is 22.0 Å². The molecule has 0 spiro atoms. The van der Waals surface area contributed by atoms with E-state index in [1.54, 1.807) is 0 Å². The lowest BCUT2D eigenvalue weighted by Gasteiger charge is -2.30. The van der Waals surface area contributed by atoms with Crippen LogP contribution in [-0.4, -0.2) is 27.1 Å². The molecule has 7 heteroatoms. The van der Waals surface area contributed by atoms with Crippen LogP contribution in [0.5, 0.6) is 0 Å². The Morgan fingerprint density at radius 3 is 2.42 bits per heavy atom. The van der Waals surface area contributed by atoms with Crippen molar-refractivity contribution in [3.05, 3.63) is 59.2 Å². The SMILES string of the molecule is CS(=O)(=O)c1ccc(C(=O)N2CCCc3c(F)cc(F)cc32)cc1. The van der Waals surface area contributed by atoms with Gasteiger partial charge < -0.3 is 4.90 Å². The summed E-state index contributed by atoms with van der Waals surface area (Å²) in [5.74, 6) is -1.81. The summed E-state index contributed by atoms with van der Waals surface area (Å²) in [5, 5.41) is 0. The van der Waals surface area contributed by atoms with E-state index in [1.165, 1.54) is 29.2 Å². The lowest BCUT2D eigenvalue weighted by molar-refractivity contribution is 0.0985. The first-order chi connectivity index (χ1) is 11.3. The van der Waals surface area contributed by atoms with Gasteiger partial charge in [-0.15, -0.1) is 0 Å². The molecule has 1 heterocycles. The fourth-order valence-corrected chi connectivity index (χ4v) is 3.45. The van der Waals surface area contributed by atoms with E-state index in [9.17, 15) is 22.0 Å². The molecule has 0 bridgehead atoms. The van der Waals surface area contributed by atoms with Gasteiger partial charge in [-0.3, -0.25) is 4.79 Å².